The van der Waals surface area contributed by atoms with Gasteiger partial charge in [0.1, 0.15) is 4.90 Å². The molecule has 0 spiro atoms. The molecule has 1 heterocycles. The normalized spacial score (nSPS) is 18.4. The van der Waals surface area contributed by atoms with Crippen LogP contribution in [0.15, 0.2) is 34.5 Å². The summed E-state index contributed by atoms with van der Waals surface area (Å²) in [6.45, 7) is 0. The number of anilines is 1. The number of sulfonamides is 1. The Morgan fingerprint density at radius 2 is 2.14 bits per heavy atom. The molecule has 4 nitrogen and oxygen atoms in total. The predicted molar refractivity (Wildman–Crippen MR) is 86.2 cm³/mol. The molecule has 0 saturated heterocycles. The van der Waals surface area contributed by atoms with Crippen molar-refractivity contribution in [3.63, 3.8) is 0 Å². The van der Waals surface area contributed by atoms with Crippen LogP contribution in [0.2, 0.25) is 5.02 Å². The van der Waals surface area contributed by atoms with Crippen LogP contribution in [0.3, 0.4) is 0 Å². The van der Waals surface area contributed by atoms with Gasteiger partial charge in [0.2, 0.25) is 10.0 Å². The highest BCUT2D eigenvalue weighted by atomic mass is 35.5. The molecule has 3 N–H and O–H groups in total. The van der Waals surface area contributed by atoms with E-state index in [1.54, 1.807) is 17.4 Å². The molecule has 2 aromatic rings. The molecule has 1 unspecified atom stereocenters. The van der Waals surface area contributed by atoms with E-state index in [0.29, 0.717) is 5.69 Å². The summed E-state index contributed by atoms with van der Waals surface area (Å²) in [6.07, 6.45) is 2.79. The van der Waals surface area contributed by atoms with E-state index in [4.69, 9.17) is 17.3 Å². The average Bonchev–Trinajstić information content (AvgIpc) is 2.90. The number of aryl methyl sites for hydroxylation is 1. The van der Waals surface area contributed by atoms with E-state index in [9.17, 15) is 8.42 Å². The Morgan fingerprint density at radius 3 is 2.95 bits per heavy atom. The van der Waals surface area contributed by atoms with Crippen molar-refractivity contribution in [2.45, 2.75) is 30.2 Å². The molecule has 1 atom stereocenters. The molecule has 112 valence electrons. The lowest BCUT2D eigenvalue weighted by Crippen LogP contribution is -2.30. The summed E-state index contributed by atoms with van der Waals surface area (Å²) in [5.41, 5.74) is 7.12. The fourth-order valence-corrected chi connectivity index (χ4v) is 5.36. The third-order valence-corrected chi connectivity index (χ3v) is 6.54. The molecule has 0 aliphatic heterocycles. The average molecular weight is 343 g/mol. The van der Waals surface area contributed by atoms with Gasteiger partial charge in [-0.05, 0) is 54.5 Å². The van der Waals surface area contributed by atoms with Crippen LogP contribution in [0.4, 0.5) is 5.69 Å². The zero-order valence-electron chi connectivity index (χ0n) is 11.2. The van der Waals surface area contributed by atoms with Gasteiger partial charge < -0.3 is 5.73 Å². The van der Waals surface area contributed by atoms with Crippen LogP contribution >= 0.6 is 22.9 Å². The summed E-state index contributed by atoms with van der Waals surface area (Å²) in [5.74, 6) is 0. The highest BCUT2D eigenvalue weighted by molar-refractivity contribution is 7.89. The van der Waals surface area contributed by atoms with Crippen molar-refractivity contribution >= 4 is 38.6 Å². The summed E-state index contributed by atoms with van der Waals surface area (Å²) < 4.78 is 27.9. The molecule has 0 bridgehead atoms. The van der Waals surface area contributed by atoms with Crippen LogP contribution in [0.25, 0.3) is 0 Å². The molecular weight excluding hydrogens is 328 g/mol. The van der Waals surface area contributed by atoms with Crippen LogP contribution in [-0.2, 0) is 16.4 Å². The van der Waals surface area contributed by atoms with Gasteiger partial charge in [0, 0.05) is 16.6 Å². The van der Waals surface area contributed by atoms with E-state index < -0.39 is 10.0 Å². The van der Waals surface area contributed by atoms with Crippen molar-refractivity contribution in [1.82, 2.24) is 4.72 Å². The first-order chi connectivity index (χ1) is 9.97. The van der Waals surface area contributed by atoms with Gasteiger partial charge in [0.15, 0.2) is 0 Å². The van der Waals surface area contributed by atoms with Crippen LogP contribution < -0.4 is 10.5 Å². The van der Waals surface area contributed by atoms with Crippen LogP contribution in [-0.4, -0.2) is 8.42 Å². The van der Waals surface area contributed by atoms with Gasteiger partial charge in [0.05, 0.1) is 5.02 Å². The van der Waals surface area contributed by atoms with E-state index in [0.717, 1.165) is 24.8 Å². The second-order valence-electron chi connectivity index (χ2n) is 5.06. The first-order valence-corrected chi connectivity index (χ1v) is 9.35. The molecule has 1 aliphatic carbocycles. The molecular formula is C14H15ClN2O2S2. The van der Waals surface area contributed by atoms with Gasteiger partial charge in [0.25, 0.3) is 0 Å². The monoisotopic (exact) mass is 342 g/mol. The second-order valence-corrected chi connectivity index (χ2v) is 8.15. The lowest BCUT2D eigenvalue weighted by Gasteiger charge is -2.23. The van der Waals surface area contributed by atoms with Gasteiger partial charge in [-0.1, -0.05) is 11.6 Å². The van der Waals surface area contributed by atoms with Gasteiger partial charge in [-0.2, -0.15) is 0 Å². The molecule has 1 aromatic carbocycles. The minimum atomic E-state index is -3.69. The van der Waals surface area contributed by atoms with Crippen LogP contribution in [0.1, 0.15) is 29.3 Å². The molecule has 3 rings (SSSR count). The lowest BCUT2D eigenvalue weighted by molar-refractivity contribution is 0.511. The molecule has 1 aliphatic rings. The van der Waals surface area contributed by atoms with Crippen molar-refractivity contribution in [1.29, 1.82) is 0 Å². The van der Waals surface area contributed by atoms with Crippen molar-refractivity contribution in [2.24, 2.45) is 0 Å². The molecule has 0 radical (unpaired) electrons. The minimum absolute atomic E-state index is 0.0338. The Hall–Kier alpha value is -1.08. The van der Waals surface area contributed by atoms with Crippen molar-refractivity contribution in [2.75, 3.05) is 5.73 Å². The fraction of sp³-hybridized carbons (Fsp3) is 0.286. The van der Waals surface area contributed by atoms with E-state index in [1.165, 1.54) is 17.0 Å². The van der Waals surface area contributed by atoms with Gasteiger partial charge in [-0.3, -0.25) is 0 Å². The Balaban J connectivity index is 1.93. The van der Waals surface area contributed by atoms with Gasteiger partial charge in [-0.25, -0.2) is 13.1 Å². The zero-order chi connectivity index (χ0) is 15.0. The number of benzene rings is 1. The summed E-state index contributed by atoms with van der Waals surface area (Å²) >= 11 is 7.68. The molecule has 0 saturated carbocycles. The maximum absolute atomic E-state index is 12.6. The lowest BCUT2D eigenvalue weighted by atomic mass is 9.95. The quantitative estimate of drug-likeness (QED) is 0.840. The van der Waals surface area contributed by atoms with E-state index in [-0.39, 0.29) is 16.0 Å². The predicted octanol–water partition coefficient (Wildman–Crippen LogP) is 3.34. The summed E-state index contributed by atoms with van der Waals surface area (Å²) in [4.78, 5) is 1.29. The largest absolute Gasteiger partial charge is 0.399 e. The van der Waals surface area contributed by atoms with Gasteiger partial charge in [-0.15, -0.1) is 11.3 Å². The van der Waals surface area contributed by atoms with Crippen LogP contribution in [0.5, 0.6) is 0 Å². The van der Waals surface area contributed by atoms with E-state index >= 15 is 0 Å². The highest BCUT2D eigenvalue weighted by Gasteiger charge is 2.27. The first kappa shape index (κ1) is 14.8. The third kappa shape index (κ3) is 2.94. The van der Waals surface area contributed by atoms with Crippen LogP contribution in [0, 0.1) is 0 Å². The Morgan fingerprint density at radius 1 is 1.33 bits per heavy atom. The maximum Gasteiger partial charge on any atom is 0.242 e. The Kier molecular flexibility index (Phi) is 3.96. The number of hydrogen-bond acceptors (Lipinski definition) is 4. The summed E-state index contributed by atoms with van der Waals surface area (Å²) in [5, 5.41) is 2.18. The number of fused-ring (bicyclic) bond motifs is 1. The number of nitrogens with two attached hydrogens (primary N) is 1. The SMILES string of the molecule is Nc1ccc(Cl)c(S(=O)(=O)NC2CCCc3sccc32)c1. The topological polar surface area (TPSA) is 72.2 Å². The molecule has 1 aromatic heterocycles. The smallest absolute Gasteiger partial charge is 0.242 e. The molecule has 7 heteroatoms. The summed E-state index contributed by atoms with van der Waals surface area (Å²) in [6, 6.07) is 6.28. The molecule has 21 heavy (non-hydrogen) atoms. The Labute approximate surface area is 133 Å². The third-order valence-electron chi connectivity index (χ3n) is 3.59. The molecule has 0 fully saturated rings. The molecule has 0 amide bonds. The number of halogens is 1. The first-order valence-electron chi connectivity index (χ1n) is 6.61. The van der Waals surface area contributed by atoms with Crippen molar-refractivity contribution < 1.29 is 8.42 Å². The Bertz CT molecular complexity index is 771. The fourth-order valence-electron chi connectivity index (χ4n) is 2.59. The van der Waals surface area contributed by atoms with E-state index in [1.807, 2.05) is 11.4 Å². The summed E-state index contributed by atoms with van der Waals surface area (Å²) in [7, 11) is -3.69. The number of hydrogen-bond donors (Lipinski definition) is 2. The minimum Gasteiger partial charge on any atom is -0.399 e. The standard InChI is InChI=1S/C14H15ClN2O2S2/c15-11-5-4-9(16)8-14(11)21(18,19)17-12-2-1-3-13-10(12)6-7-20-13/h4-8,12,17H,1-3,16H2. The van der Waals surface area contributed by atoms with Crippen molar-refractivity contribution in [3.05, 3.63) is 45.1 Å². The number of nitrogens with one attached hydrogen (secondary N) is 1. The highest BCUT2D eigenvalue weighted by Crippen LogP contribution is 2.35. The van der Waals surface area contributed by atoms with Gasteiger partial charge >= 0.3 is 0 Å². The number of thiophene rings is 1. The maximum atomic E-state index is 12.6. The number of nitrogen functional groups attached to an aromatic ring is 1. The van der Waals surface area contributed by atoms with E-state index in [2.05, 4.69) is 4.72 Å². The zero-order valence-corrected chi connectivity index (χ0v) is 13.6. The van der Waals surface area contributed by atoms with Crippen molar-refractivity contribution in [3.8, 4) is 0 Å². The second kappa shape index (κ2) is 5.61. The number of rotatable bonds is 3.